The number of benzene rings is 2. The van der Waals surface area contributed by atoms with E-state index in [2.05, 4.69) is 17.1 Å². The standard InChI is InChI=1S/C24H21Cl2NO3S/c25-20-10-5-11-21(26)23(20)31-16-18-8-2-1-7-17(18)9-6-14-30-15-19(24(28)29)22-12-3-4-13-27-22/h1-5,7-8,10-13,15H,6,9,14,16H2,(H,28,29). The van der Waals surface area contributed by atoms with Gasteiger partial charge in [-0.05, 0) is 48.2 Å². The number of carboxylic acids is 1. The van der Waals surface area contributed by atoms with Crippen LogP contribution in [0.15, 0.2) is 78.0 Å². The predicted octanol–water partition coefficient (Wildman–Crippen LogP) is 6.76. The second-order valence-electron chi connectivity index (χ2n) is 6.63. The summed E-state index contributed by atoms with van der Waals surface area (Å²) in [6.45, 7) is 0.404. The van der Waals surface area contributed by atoms with Gasteiger partial charge in [0.1, 0.15) is 5.57 Å². The Kier molecular flexibility index (Phi) is 8.83. The zero-order valence-electron chi connectivity index (χ0n) is 16.6. The fraction of sp³-hybridized carbons (Fsp3) is 0.167. The van der Waals surface area contributed by atoms with E-state index in [1.54, 1.807) is 36.2 Å². The zero-order chi connectivity index (χ0) is 22.1. The van der Waals surface area contributed by atoms with Gasteiger partial charge in [0.05, 0.1) is 28.6 Å². The Hall–Kier alpha value is -2.47. The summed E-state index contributed by atoms with van der Waals surface area (Å²) in [5, 5.41) is 10.7. The lowest BCUT2D eigenvalue weighted by atomic mass is 10.0. The van der Waals surface area contributed by atoms with Crippen LogP contribution in [0.1, 0.15) is 23.2 Å². The van der Waals surface area contributed by atoms with Crippen molar-refractivity contribution in [3.8, 4) is 0 Å². The highest BCUT2D eigenvalue weighted by atomic mass is 35.5. The van der Waals surface area contributed by atoms with Gasteiger partial charge in [0, 0.05) is 16.8 Å². The highest BCUT2D eigenvalue weighted by Gasteiger charge is 2.12. The van der Waals surface area contributed by atoms with Crippen molar-refractivity contribution in [2.75, 3.05) is 6.61 Å². The van der Waals surface area contributed by atoms with Crippen LogP contribution in [-0.4, -0.2) is 22.7 Å². The second-order valence-corrected chi connectivity index (χ2v) is 8.43. The molecule has 0 bridgehead atoms. The molecule has 0 saturated carbocycles. The van der Waals surface area contributed by atoms with Gasteiger partial charge < -0.3 is 9.84 Å². The summed E-state index contributed by atoms with van der Waals surface area (Å²) in [5.74, 6) is -0.317. The molecular weight excluding hydrogens is 453 g/mol. The van der Waals surface area contributed by atoms with Gasteiger partial charge in [-0.25, -0.2) is 4.79 Å². The predicted molar refractivity (Wildman–Crippen MR) is 127 cm³/mol. The number of rotatable bonds is 10. The van der Waals surface area contributed by atoms with Crippen LogP contribution >= 0.6 is 35.0 Å². The Balaban J connectivity index is 1.56. The van der Waals surface area contributed by atoms with Gasteiger partial charge in [-0.2, -0.15) is 0 Å². The molecule has 0 aliphatic rings. The molecule has 0 aliphatic carbocycles. The van der Waals surface area contributed by atoms with Gasteiger partial charge in [-0.15, -0.1) is 11.8 Å². The number of carbonyl (C=O) groups is 1. The summed E-state index contributed by atoms with van der Waals surface area (Å²) in [5.41, 5.74) is 2.83. The molecule has 3 rings (SSSR count). The third-order valence-electron chi connectivity index (χ3n) is 4.49. The van der Waals surface area contributed by atoms with Gasteiger partial charge in [-0.3, -0.25) is 4.98 Å². The smallest absolute Gasteiger partial charge is 0.341 e. The number of hydrogen-bond acceptors (Lipinski definition) is 4. The van der Waals surface area contributed by atoms with E-state index in [-0.39, 0.29) is 5.57 Å². The van der Waals surface area contributed by atoms with Crippen LogP contribution in [0.2, 0.25) is 10.0 Å². The molecule has 31 heavy (non-hydrogen) atoms. The van der Waals surface area contributed by atoms with Crippen LogP contribution < -0.4 is 0 Å². The minimum absolute atomic E-state index is 0.0361. The molecule has 0 saturated heterocycles. The Labute approximate surface area is 195 Å². The van der Waals surface area contributed by atoms with Crippen molar-refractivity contribution < 1.29 is 14.6 Å². The first-order chi connectivity index (χ1) is 15.1. The molecule has 7 heteroatoms. The molecule has 0 unspecified atom stereocenters. The monoisotopic (exact) mass is 473 g/mol. The molecule has 0 atom stereocenters. The van der Waals surface area contributed by atoms with E-state index in [1.165, 1.54) is 17.4 Å². The maximum atomic E-state index is 11.5. The zero-order valence-corrected chi connectivity index (χ0v) is 19.0. The van der Waals surface area contributed by atoms with Gasteiger partial charge in [0.25, 0.3) is 0 Å². The first-order valence-corrected chi connectivity index (χ1v) is 11.4. The number of ether oxygens (including phenoxy) is 1. The van der Waals surface area contributed by atoms with E-state index < -0.39 is 5.97 Å². The molecule has 1 aromatic heterocycles. The highest BCUT2D eigenvalue weighted by Crippen LogP contribution is 2.36. The molecule has 1 N–H and O–H groups in total. The largest absolute Gasteiger partial charge is 0.500 e. The second kappa shape index (κ2) is 11.8. The highest BCUT2D eigenvalue weighted by molar-refractivity contribution is 7.98. The van der Waals surface area contributed by atoms with Crippen LogP contribution in [-0.2, 0) is 21.7 Å². The lowest BCUT2D eigenvalue weighted by Crippen LogP contribution is -2.03. The number of aliphatic carboxylic acids is 1. The molecule has 0 fully saturated rings. The Morgan fingerprint density at radius 3 is 2.39 bits per heavy atom. The first kappa shape index (κ1) is 23.2. The molecule has 2 aromatic carbocycles. The average molecular weight is 474 g/mol. The van der Waals surface area contributed by atoms with Crippen molar-refractivity contribution in [1.82, 2.24) is 4.98 Å². The van der Waals surface area contributed by atoms with Crippen molar-refractivity contribution in [1.29, 1.82) is 0 Å². The van der Waals surface area contributed by atoms with Crippen molar-refractivity contribution in [2.24, 2.45) is 0 Å². The summed E-state index contributed by atoms with van der Waals surface area (Å²) >= 11 is 14.2. The lowest BCUT2D eigenvalue weighted by molar-refractivity contribution is -0.130. The first-order valence-electron chi connectivity index (χ1n) is 9.66. The number of nitrogens with zero attached hydrogens (tertiary/aromatic N) is 1. The van der Waals surface area contributed by atoms with Crippen LogP contribution in [0.4, 0.5) is 0 Å². The molecule has 160 valence electrons. The van der Waals surface area contributed by atoms with Crippen molar-refractivity contribution in [3.05, 3.63) is 100.0 Å². The number of pyridine rings is 1. The molecular formula is C24H21Cl2NO3S. The van der Waals surface area contributed by atoms with E-state index >= 15 is 0 Å². The summed E-state index contributed by atoms with van der Waals surface area (Å²) in [4.78, 5) is 16.4. The topological polar surface area (TPSA) is 59.4 Å². The van der Waals surface area contributed by atoms with E-state index in [9.17, 15) is 9.90 Å². The Bertz CT molecular complexity index is 1040. The van der Waals surface area contributed by atoms with Crippen LogP contribution in [0.5, 0.6) is 0 Å². The summed E-state index contributed by atoms with van der Waals surface area (Å²) < 4.78 is 5.51. The number of hydrogen-bond donors (Lipinski definition) is 1. The van der Waals surface area contributed by atoms with Crippen LogP contribution in [0.3, 0.4) is 0 Å². The maximum Gasteiger partial charge on any atom is 0.341 e. The average Bonchev–Trinajstić information content (AvgIpc) is 2.77. The van der Waals surface area contributed by atoms with E-state index in [0.717, 1.165) is 23.5 Å². The fourth-order valence-corrected chi connectivity index (χ4v) is 4.66. The van der Waals surface area contributed by atoms with E-state index in [1.807, 2.05) is 30.3 Å². The number of thioether (sulfide) groups is 1. The quantitative estimate of drug-likeness (QED) is 0.152. The minimum Gasteiger partial charge on any atom is -0.500 e. The minimum atomic E-state index is -1.07. The SMILES string of the molecule is O=C(O)C(=COCCCc1ccccc1CSc1c(Cl)cccc1Cl)c1ccccn1. The van der Waals surface area contributed by atoms with Gasteiger partial charge in [0.2, 0.25) is 0 Å². The van der Waals surface area contributed by atoms with Crippen molar-refractivity contribution in [2.45, 2.75) is 23.5 Å². The summed E-state index contributed by atoms with van der Waals surface area (Å²) in [7, 11) is 0. The Morgan fingerprint density at radius 2 is 1.71 bits per heavy atom. The van der Waals surface area contributed by atoms with E-state index in [0.29, 0.717) is 22.3 Å². The van der Waals surface area contributed by atoms with Crippen molar-refractivity contribution >= 4 is 46.5 Å². The molecule has 0 radical (unpaired) electrons. The third kappa shape index (κ3) is 6.76. The molecule has 0 spiro atoms. The van der Waals surface area contributed by atoms with Crippen molar-refractivity contribution in [3.63, 3.8) is 0 Å². The molecule has 0 aliphatic heterocycles. The van der Waals surface area contributed by atoms with Gasteiger partial charge in [0.15, 0.2) is 0 Å². The van der Waals surface area contributed by atoms with Crippen LogP contribution in [0, 0.1) is 0 Å². The number of aromatic nitrogens is 1. The number of halogens is 2. The molecule has 3 aromatic rings. The lowest BCUT2D eigenvalue weighted by Gasteiger charge is -2.11. The molecule has 1 heterocycles. The third-order valence-corrected chi connectivity index (χ3v) is 6.53. The summed E-state index contributed by atoms with van der Waals surface area (Å²) in [6, 6.07) is 18.8. The fourth-order valence-electron chi connectivity index (χ4n) is 2.94. The summed E-state index contributed by atoms with van der Waals surface area (Å²) in [6.07, 6.45) is 4.38. The number of carboxylic acid groups (broad SMARTS) is 1. The molecule has 4 nitrogen and oxygen atoms in total. The maximum absolute atomic E-state index is 11.5. The van der Waals surface area contributed by atoms with Crippen LogP contribution in [0.25, 0.3) is 5.57 Å². The molecule has 0 amide bonds. The Morgan fingerprint density at radius 1 is 1.00 bits per heavy atom. The normalized spacial score (nSPS) is 11.4. The number of aryl methyl sites for hydroxylation is 1. The van der Waals surface area contributed by atoms with Gasteiger partial charge in [-0.1, -0.05) is 59.6 Å². The van der Waals surface area contributed by atoms with E-state index in [4.69, 9.17) is 27.9 Å². The van der Waals surface area contributed by atoms with Gasteiger partial charge >= 0.3 is 5.97 Å².